The summed E-state index contributed by atoms with van der Waals surface area (Å²) in [5, 5.41) is 0. The van der Waals surface area contributed by atoms with Crippen LogP contribution in [0.1, 0.15) is 11.1 Å². The molecular formula is C13H17F3O5SSi. The highest BCUT2D eigenvalue weighted by Gasteiger charge is 2.53. The molecule has 1 aliphatic rings. The number of alkyl halides is 3. The van der Waals surface area contributed by atoms with Gasteiger partial charge < -0.3 is 13.3 Å². The number of benzene rings is 1. The van der Waals surface area contributed by atoms with Crippen LogP contribution in [0.25, 0.3) is 0 Å². The van der Waals surface area contributed by atoms with E-state index in [9.17, 15) is 21.6 Å². The molecule has 2 rings (SSSR count). The Morgan fingerprint density at radius 1 is 1.22 bits per heavy atom. The highest BCUT2D eigenvalue weighted by Crippen LogP contribution is 2.49. The summed E-state index contributed by atoms with van der Waals surface area (Å²) in [6, 6.07) is 4.24. The molecule has 0 aliphatic heterocycles. The lowest BCUT2D eigenvalue weighted by atomic mass is 9.81. The standard InChI is InChI=1S/C13H17F3O5SSi/c1-19-12(21-23(2,3)4)8-9-6-5-7-10(11(9)12)20-22(17,18)13(14,15)16/h5-7H,8H2,1-4H3. The van der Waals surface area contributed by atoms with Gasteiger partial charge in [-0.05, 0) is 31.3 Å². The largest absolute Gasteiger partial charge is 0.534 e. The molecule has 0 heterocycles. The third-order valence-electron chi connectivity index (χ3n) is 3.20. The first-order valence-electron chi connectivity index (χ1n) is 6.70. The van der Waals surface area contributed by atoms with Crippen LogP contribution in [0.3, 0.4) is 0 Å². The Bertz CT molecular complexity index is 711. The number of methoxy groups -OCH3 is 1. The molecule has 1 aromatic carbocycles. The summed E-state index contributed by atoms with van der Waals surface area (Å²) in [5.41, 5.74) is -4.69. The molecule has 23 heavy (non-hydrogen) atoms. The van der Waals surface area contributed by atoms with E-state index in [1.165, 1.54) is 13.2 Å². The highest BCUT2D eigenvalue weighted by atomic mass is 32.2. The lowest BCUT2D eigenvalue weighted by molar-refractivity contribution is -0.195. The van der Waals surface area contributed by atoms with Gasteiger partial charge in [0.15, 0.2) is 19.9 Å². The quantitative estimate of drug-likeness (QED) is 0.345. The molecule has 0 fully saturated rings. The van der Waals surface area contributed by atoms with E-state index >= 15 is 0 Å². The minimum atomic E-state index is -5.76. The molecule has 0 amide bonds. The second-order valence-corrected chi connectivity index (χ2v) is 12.1. The van der Waals surface area contributed by atoms with Crippen LogP contribution in [0.4, 0.5) is 13.2 Å². The maximum atomic E-state index is 12.5. The molecule has 0 bridgehead atoms. The monoisotopic (exact) mass is 370 g/mol. The molecule has 0 aromatic heterocycles. The fraction of sp³-hybridized carbons (Fsp3) is 0.538. The second-order valence-electron chi connectivity index (χ2n) is 6.12. The average molecular weight is 370 g/mol. The number of ether oxygens (including phenoxy) is 1. The minimum Gasteiger partial charge on any atom is -0.387 e. The molecule has 130 valence electrons. The zero-order chi connectivity index (χ0) is 17.7. The van der Waals surface area contributed by atoms with Crippen molar-refractivity contribution in [2.75, 3.05) is 7.11 Å². The van der Waals surface area contributed by atoms with Crippen LogP contribution in [-0.2, 0) is 31.5 Å². The normalized spacial score (nSPS) is 21.5. The van der Waals surface area contributed by atoms with Crippen LogP contribution in [0.5, 0.6) is 5.75 Å². The van der Waals surface area contributed by atoms with Crippen LogP contribution in [0, 0.1) is 0 Å². The highest BCUT2D eigenvalue weighted by molar-refractivity contribution is 7.88. The van der Waals surface area contributed by atoms with Gasteiger partial charge in [0.2, 0.25) is 0 Å². The van der Waals surface area contributed by atoms with Crippen LogP contribution in [0.2, 0.25) is 19.6 Å². The maximum absolute atomic E-state index is 12.5. The van der Waals surface area contributed by atoms with Crippen LogP contribution in [-0.4, -0.2) is 29.4 Å². The zero-order valence-electron chi connectivity index (χ0n) is 13.0. The van der Waals surface area contributed by atoms with Crippen molar-refractivity contribution in [3.8, 4) is 5.75 Å². The summed E-state index contributed by atoms with van der Waals surface area (Å²) in [7, 11) is -6.52. The molecule has 1 aromatic rings. The van der Waals surface area contributed by atoms with Crippen molar-refractivity contribution in [1.82, 2.24) is 0 Å². The van der Waals surface area contributed by atoms with E-state index in [1.54, 1.807) is 6.07 Å². The summed E-state index contributed by atoms with van der Waals surface area (Å²) in [6.07, 6.45) is 0.312. The van der Waals surface area contributed by atoms with Crippen LogP contribution < -0.4 is 4.18 Å². The number of rotatable bonds is 5. The SMILES string of the molecule is COC1(O[Si](C)(C)C)Cc2cccc(OS(=O)(=O)C(F)(F)F)c21. The summed E-state index contributed by atoms with van der Waals surface area (Å²) in [6.45, 7) is 5.67. The Morgan fingerprint density at radius 3 is 2.30 bits per heavy atom. The molecule has 1 aliphatic carbocycles. The summed E-state index contributed by atoms with van der Waals surface area (Å²) < 4.78 is 75.8. The van der Waals surface area contributed by atoms with Crippen molar-refractivity contribution >= 4 is 18.4 Å². The third kappa shape index (κ3) is 3.39. The van der Waals surface area contributed by atoms with Gasteiger partial charge in [0, 0.05) is 13.5 Å². The molecule has 0 radical (unpaired) electrons. The van der Waals surface area contributed by atoms with E-state index in [2.05, 4.69) is 4.18 Å². The van der Waals surface area contributed by atoms with E-state index in [1.807, 2.05) is 19.6 Å². The van der Waals surface area contributed by atoms with Crippen molar-refractivity contribution < 1.29 is 34.9 Å². The van der Waals surface area contributed by atoms with Crippen LogP contribution >= 0.6 is 0 Å². The van der Waals surface area contributed by atoms with Gasteiger partial charge in [-0.3, -0.25) is 0 Å². The van der Waals surface area contributed by atoms with Gasteiger partial charge in [-0.15, -0.1) is 0 Å². The lowest BCUT2D eigenvalue weighted by Gasteiger charge is -2.46. The van der Waals surface area contributed by atoms with E-state index in [0.29, 0.717) is 12.0 Å². The summed E-state index contributed by atoms with van der Waals surface area (Å²) >= 11 is 0. The Balaban J connectivity index is 2.46. The minimum absolute atomic E-state index is 0.192. The molecular weight excluding hydrogens is 353 g/mol. The Morgan fingerprint density at radius 2 is 1.83 bits per heavy atom. The average Bonchev–Trinajstić information content (AvgIpc) is 2.32. The van der Waals surface area contributed by atoms with Crippen molar-refractivity contribution in [3.05, 3.63) is 29.3 Å². The van der Waals surface area contributed by atoms with Gasteiger partial charge in [0.05, 0.1) is 5.56 Å². The lowest BCUT2D eigenvalue weighted by Crippen LogP contribution is -2.50. The maximum Gasteiger partial charge on any atom is 0.534 e. The predicted molar refractivity (Wildman–Crippen MR) is 78.9 cm³/mol. The second kappa shape index (κ2) is 5.47. The van der Waals surface area contributed by atoms with Crippen molar-refractivity contribution in [2.45, 2.75) is 37.4 Å². The molecule has 0 spiro atoms. The Labute approximate surface area is 133 Å². The first-order chi connectivity index (χ1) is 10.3. The van der Waals surface area contributed by atoms with Gasteiger partial charge in [-0.1, -0.05) is 12.1 Å². The molecule has 10 heteroatoms. The van der Waals surface area contributed by atoms with Crippen LogP contribution in [0.15, 0.2) is 18.2 Å². The smallest absolute Gasteiger partial charge is 0.387 e. The molecule has 0 saturated heterocycles. The van der Waals surface area contributed by atoms with Gasteiger partial charge in [0.1, 0.15) is 0 Å². The summed E-state index contributed by atoms with van der Waals surface area (Å²) in [5.74, 6) is -1.71. The Hall–Kier alpha value is -1.10. The van der Waals surface area contributed by atoms with E-state index in [0.717, 1.165) is 6.07 Å². The molecule has 0 saturated carbocycles. The zero-order valence-corrected chi connectivity index (χ0v) is 14.8. The molecule has 1 atom stereocenters. The van der Waals surface area contributed by atoms with Gasteiger partial charge in [0.25, 0.3) is 0 Å². The fourth-order valence-corrected chi connectivity index (χ4v) is 4.14. The molecule has 0 N–H and O–H groups in total. The first-order valence-corrected chi connectivity index (χ1v) is 11.5. The van der Waals surface area contributed by atoms with Crippen molar-refractivity contribution in [2.24, 2.45) is 0 Å². The fourth-order valence-electron chi connectivity index (χ4n) is 2.42. The number of halogens is 3. The topological polar surface area (TPSA) is 61.8 Å². The number of hydrogen-bond acceptors (Lipinski definition) is 5. The van der Waals surface area contributed by atoms with Gasteiger partial charge >= 0.3 is 15.6 Å². The number of hydrogen-bond donors (Lipinski definition) is 0. The van der Waals surface area contributed by atoms with E-state index in [-0.39, 0.29) is 5.56 Å². The van der Waals surface area contributed by atoms with Crippen molar-refractivity contribution in [1.29, 1.82) is 0 Å². The van der Waals surface area contributed by atoms with Gasteiger partial charge in [-0.25, -0.2) is 0 Å². The van der Waals surface area contributed by atoms with Gasteiger partial charge in [-0.2, -0.15) is 21.6 Å². The first kappa shape index (κ1) is 18.2. The third-order valence-corrected chi connectivity index (χ3v) is 5.11. The molecule has 5 nitrogen and oxygen atoms in total. The summed E-state index contributed by atoms with van der Waals surface area (Å²) in [4.78, 5) is 0. The Kier molecular flexibility index (Phi) is 4.34. The van der Waals surface area contributed by atoms with E-state index in [4.69, 9.17) is 9.16 Å². The predicted octanol–water partition coefficient (Wildman–Crippen LogP) is 3.12. The molecule has 1 unspecified atom stereocenters. The van der Waals surface area contributed by atoms with E-state index < -0.39 is 35.5 Å². The number of fused-ring (bicyclic) bond motifs is 1. The van der Waals surface area contributed by atoms with Crippen molar-refractivity contribution in [3.63, 3.8) is 0 Å².